The molecular weight excluding hydrogens is 268 g/mol. The fraction of sp³-hybridized carbons (Fsp3) is 0. The van der Waals surface area contributed by atoms with E-state index in [0.717, 1.165) is 21.6 Å². The number of fused-ring (bicyclic) bond motifs is 1. The van der Waals surface area contributed by atoms with Crippen molar-refractivity contribution >= 4 is 21.6 Å². The lowest BCUT2D eigenvalue weighted by molar-refractivity contribution is 1.10. The fourth-order valence-corrected chi connectivity index (χ4v) is 2.09. The largest absolute Gasteiger partial charge is 0.269 e. The Bertz CT molecular complexity index is 633. The van der Waals surface area contributed by atoms with Crippen LogP contribution in [0.3, 0.4) is 0 Å². The van der Waals surface area contributed by atoms with Crippen LogP contribution in [0.15, 0.2) is 47.3 Å². The molecule has 0 saturated heterocycles. The summed E-state index contributed by atoms with van der Waals surface area (Å²) < 4.78 is 2.89. The van der Waals surface area contributed by atoms with Gasteiger partial charge >= 0.3 is 0 Å². The fourth-order valence-electron chi connectivity index (χ4n) is 1.59. The second-order valence-corrected chi connectivity index (χ2v) is 4.11. The van der Waals surface area contributed by atoms with E-state index in [1.807, 2.05) is 34.7 Å². The van der Waals surface area contributed by atoms with Gasteiger partial charge in [0.2, 0.25) is 0 Å². The summed E-state index contributed by atoms with van der Waals surface area (Å²) in [7, 11) is 0. The molecule has 0 unspecified atom stereocenters. The van der Waals surface area contributed by atoms with Gasteiger partial charge in [-0.15, -0.1) is 10.2 Å². The molecule has 3 rings (SSSR count). The third-order valence-corrected chi connectivity index (χ3v) is 2.94. The lowest BCUT2D eigenvalue weighted by Crippen LogP contribution is -1.91. The van der Waals surface area contributed by atoms with Gasteiger partial charge < -0.3 is 0 Å². The average Bonchev–Trinajstić information content (AvgIpc) is 2.75. The molecule has 0 amide bonds. The van der Waals surface area contributed by atoms with Gasteiger partial charge in [-0.3, -0.25) is 9.38 Å². The molecule has 0 aliphatic heterocycles. The zero-order valence-corrected chi connectivity index (χ0v) is 9.79. The number of hydrogen-bond acceptors (Lipinski definition) is 3. The van der Waals surface area contributed by atoms with E-state index in [9.17, 15) is 0 Å². The highest BCUT2D eigenvalue weighted by molar-refractivity contribution is 9.10. The molecule has 4 nitrogen and oxygen atoms in total. The van der Waals surface area contributed by atoms with Crippen LogP contribution in [-0.4, -0.2) is 19.6 Å². The molecule has 3 aromatic heterocycles. The molecule has 3 aromatic rings. The molecule has 0 N–H and O–H groups in total. The van der Waals surface area contributed by atoms with E-state index in [0.29, 0.717) is 0 Å². The summed E-state index contributed by atoms with van der Waals surface area (Å²) in [5.74, 6) is 0.810. The predicted octanol–water partition coefficient (Wildman–Crippen LogP) is 2.55. The van der Waals surface area contributed by atoms with Gasteiger partial charge in [0.15, 0.2) is 11.5 Å². The summed E-state index contributed by atoms with van der Waals surface area (Å²) >= 11 is 3.49. The number of aromatic nitrogens is 4. The Balaban J connectivity index is 2.33. The molecule has 0 bridgehead atoms. The van der Waals surface area contributed by atoms with Crippen LogP contribution in [0.2, 0.25) is 0 Å². The Morgan fingerprint density at radius 1 is 1.00 bits per heavy atom. The first-order chi connectivity index (χ1) is 7.86. The minimum atomic E-state index is 0.810. The topological polar surface area (TPSA) is 43.1 Å². The summed E-state index contributed by atoms with van der Waals surface area (Å²) in [6.07, 6.45) is 3.49. The van der Waals surface area contributed by atoms with E-state index in [4.69, 9.17) is 0 Å². The molecule has 0 saturated carbocycles. The van der Waals surface area contributed by atoms with Crippen molar-refractivity contribution < 1.29 is 0 Å². The quantitative estimate of drug-likeness (QED) is 0.641. The molecule has 0 fully saturated rings. The summed E-state index contributed by atoms with van der Waals surface area (Å²) in [6, 6.07) is 9.64. The average molecular weight is 275 g/mol. The van der Waals surface area contributed by atoms with Crippen LogP contribution in [0.1, 0.15) is 0 Å². The highest BCUT2D eigenvalue weighted by Crippen LogP contribution is 2.21. The molecule has 0 aliphatic carbocycles. The summed E-state index contributed by atoms with van der Waals surface area (Å²) in [6.45, 7) is 0. The van der Waals surface area contributed by atoms with Crippen LogP contribution in [0.25, 0.3) is 17.0 Å². The smallest absolute Gasteiger partial charge is 0.169 e. The Morgan fingerprint density at radius 2 is 1.81 bits per heavy atom. The maximum absolute atomic E-state index is 4.18. The lowest BCUT2D eigenvalue weighted by atomic mass is 10.2. The molecule has 0 aromatic carbocycles. The predicted molar refractivity (Wildman–Crippen MR) is 63.9 cm³/mol. The highest BCUT2D eigenvalue weighted by Gasteiger charge is 2.09. The van der Waals surface area contributed by atoms with Gasteiger partial charge in [0.25, 0.3) is 0 Å². The number of rotatable bonds is 1. The van der Waals surface area contributed by atoms with Crippen LogP contribution < -0.4 is 0 Å². The van der Waals surface area contributed by atoms with Crippen molar-refractivity contribution in [1.82, 2.24) is 19.6 Å². The highest BCUT2D eigenvalue weighted by atomic mass is 79.9. The number of halogens is 1. The molecule has 0 aliphatic rings. The number of nitrogens with zero attached hydrogens (tertiary/aromatic N) is 4. The zero-order valence-electron chi connectivity index (χ0n) is 8.21. The third kappa shape index (κ3) is 1.40. The molecule has 16 heavy (non-hydrogen) atoms. The Kier molecular flexibility index (Phi) is 2.18. The number of pyridine rings is 2. The summed E-state index contributed by atoms with van der Waals surface area (Å²) in [5, 5.41) is 8.30. The van der Waals surface area contributed by atoms with Gasteiger partial charge in [-0.1, -0.05) is 6.07 Å². The first-order valence-corrected chi connectivity index (χ1v) is 5.55. The maximum atomic E-state index is 4.18. The monoisotopic (exact) mass is 274 g/mol. The van der Waals surface area contributed by atoms with Gasteiger partial charge in [-0.2, -0.15) is 0 Å². The van der Waals surface area contributed by atoms with Gasteiger partial charge in [0.1, 0.15) is 0 Å². The number of hydrogen-bond donors (Lipinski definition) is 0. The first-order valence-electron chi connectivity index (χ1n) is 4.76. The SMILES string of the molecule is Brc1cccc2nnc(-c3ccncc3)n12. The van der Waals surface area contributed by atoms with E-state index in [1.165, 1.54) is 0 Å². The second-order valence-electron chi connectivity index (χ2n) is 3.30. The first kappa shape index (κ1) is 9.47. The molecule has 0 spiro atoms. The summed E-state index contributed by atoms with van der Waals surface area (Å²) in [5.41, 5.74) is 1.82. The zero-order chi connectivity index (χ0) is 11.0. The minimum Gasteiger partial charge on any atom is -0.269 e. The van der Waals surface area contributed by atoms with Gasteiger partial charge in [-0.25, -0.2) is 0 Å². The van der Waals surface area contributed by atoms with Gasteiger partial charge in [-0.05, 0) is 40.2 Å². The maximum Gasteiger partial charge on any atom is 0.169 e. The molecule has 78 valence electrons. The van der Waals surface area contributed by atoms with Crippen molar-refractivity contribution in [2.75, 3.05) is 0 Å². The lowest BCUT2D eigenvalue weighted by Gasteiger charge is -2.01. The van der Waals surface area contributed by atoms with Crippen molar-refractivity contribution in [3.8, 4) is 11.4 Å². The molecule has 5 heteroatoms. The minimum absolute atomic E-state index is 0.810. The van der Waals surface area contributed by atoms with Crippen molar-refractivity contribution in [2.24, 2.45) is 0 Å². The molecular formula is C11H7BrN4. The van der Waals surface area contributed by atoms with E-state index in [-0.39, 0.29) is 0 Å². The van der Waals surface area contributed by atoms with Crippen molar-refractivity contribution in [2.45, 2.75) is 0 Å². The van der Waals surface area contributed by atoms with Crippen LogP contribution >= 0.6 is 15.9 Å². The van der Waals surface area contributed by atoms with Crippen LogP contribution in [0.5, 0.6) is 0 Å². The Labute approximate surface area is 100 Å². The summed E-state index contributed by atoms with van der Waals surface area (Å²) in [4.78, 5) is 3.99. The van der Waals surface area contributed by atoms with Gasteiger partial charge in [0.05, 0.1) is 4.60 Å². The van der Waals surface area contributed by atoms with E-state index < -0.39 is 0 Å². The normalized spacial score (nSPS) is 10.8. The standard InChI is InChI=1S/C11H7BrN4/c12-9-2-1-3-10-14-15-11(16(9)10)8-4-6-13-7-5-8/h1-7H. The third-order valence-electron chi connectivity index (χ3n) is 2.32. The van der Waals surface area contributed by atoms with E-state index in [2.05, 4.69) is 31.1 Å². The second kappa shape index (κ2) is 3.68. The van der Waals surface area contributed by atoms with Crippen LogP contribution in [0, 0.1) is 0 Å². The van der Waals surface area contributed by atoms with Crippen molar-refractivity contribution in [3.05, 3.63) is 47.3 Å². The molecule has 0 atom stereocenters. The van der Waals surface area contributed by atoms with Gasteiger partial charge in [0, 0.05) is 18.0 Å². The molecule has 0 radical (unpaired) electrons. The van der Waals surface area contributed by atoms with E-state index >= 15 is 0 Å². The van der Waals surface area contributed by atoms with E-state index in [1.54, 1.807) is 12.4 Å². The Morgan fingerprint density at radius 3 is 2.62 bits per heavy atom. The van der Waals surface area contributed by atoms with Crippen LogP contribution in [-0.2, 0) is 0 Å². The molecule has 3 heterocycles. The van der Waals surface area contributed by atoms with Crippen molar-refractivity contribution in [1.29, 1.82) is 0 Å². The van der Waals surface area contributed by atoms with Crippen LogP contribution in [0.4, 0.5) is 0 Å². The Hall–Kier alpha value is -1.75. The van der Waals surface area contributed by atoms with Crippen molar-refractivity contribution in [3.63, 3.8) is 0 Å².